The first-order chi connectivity index (χ1) is 11.6. The Morgan fingerprint density at radius 2 is 1.75 bits per heavy atom. The van der Waals surface area contributed by atoms with E-state index in [1.54, 1.807) is 14.2 Å². The highest BCUT2D eigenvalue weighted by atomic mass is 16.5. The first kappa shape index (κ1) is 17.8. The van der Waals surface area contributed by atoms with Gasteiger partial charge in [0.1, 0.15) is 0 Å². The van der Waals surface area contributed by atoms with Gasteiger partial charge in [-0.15, -0.1) is 0 Å². The lowest BCUT2D eigenvalue weighted by atomic mass is 9.91. The topological polar surface area (TPSA) is 87.7 Å². The number of rotatable bonds is 7. The van der Waals surface area contributed by atoms with E-state index in [4.69, 9.17) is 9.47 Å². The molecule has 6 nitrogen and oxygen atoms in total. The van der Waals surface area contributed by atoms with Crippen LogP contribution in [-0.4, -0.2) is 32.6 Å². The van der Waals surface area contributed by atoms with Gasteiger partial charge in [-0.3, -0.25) is 4.79 Å². The highest BCUT2D eigenvalue weighted by Gasteiger charge is 2.19. The van der Waals surface area contributed by atoms with Crippen molar-refractivity contribution < 1.29 is 24.2 Å². The zero-order chi connectivity index (χ0) is 17.5. The van der Waals surface area contributed by atoms with Gasteiger partial charge in [-0.2, -0.15) is 0 Å². The maximum absolute atomic E-state index is 12.2. The average Bonchev–Trinajstić information content (AvgIpc) is 2.61. The average molecular weight is 332 g/mol. The molecule has 0 atom stereocenters. The van der Waals surface area contributed by atoms with Gasteiger partial charge in [0.2, 0.25) is 5.91 Å². The van der Waals surface area contributed by atoms with E-state index < -0.39 is 5.97 Å². The van der Waals surface area contributed by atoms with Crippen molar-refractivity contribution in [2.75, 3.05) is 20.8 Å². The standard InChI is InChI=1S/C18H23NO5/c1-23-15-8-7-12(11-16(15)24-2)9-10-19-17(20)13-5-3-4-6-14(13)18(21)22/h7-8,11H,3-6,9-10H2,1-2H3,(H,19,20)(H,21,22)/p-1. The van der Waals surface area contributed by atoms with Crippen molar-refractivity contribution in [3.63, 3.8) is 0 Å². The van der Waals surface area contributed by atoms with Crippen LogP contribution in [0.15, 0.2) is 29.3 Å². The predicted octanol–water partition coefficient (Wildman–Crippen LogP) is 0.983. The molecule has 0 fully saturated rings. The number of benzene rings is 1. The minimum atomic E-state index is -1.24. The molecule has 1 amide bonds. The van der Waals surface area contributed by atoms with E-state index in [1.165, 1.54) is 0 Å². The summed E-state index contributed by atoms with van der Waals surface area (Å²) in [5, 5.41) is 13.9. The molecule has 0 radical (unpaired) electrons. The second-order valence-corrected chi connectivity index (χ2v) is 5.65. The summed E-state index contributed by atoms with van der Waals surface area (Å²) < 4.78 is 10.4. The largest absolute Gasteiger partial charge is 0.545 e. The normalized spacial score (nSPS) is 14.2. The van der Waals surface area contributed by atoms with E-state index >= 15 is 0 Å². The Morgan fingerprint density at radius 1 is 1.08 bits per heavy atom. The number of aliphatic carboxylic acids is 1. The van der Waals surface area contributed by atoms with Gasteiger partial charge in [0.05, 0.1) is 20.2 Å². The molecule has 0 bridgehead atoms. The molecule has 0 saturated heterocycles. The van der Waals surface area contributed by atoms with Crippen molar-refractivity contribution in [1.82, 2.24) is 5.32 Å². The van der Waals surface area contributed by atoms with Crippen LogP contribution >= 0.6 is 0 Å². The molecule has 1 aromatic rings. The Morgan fingerprint density at radius 3 is 2.38 bits per heavy atom. The van der Waals surface area contributed by atoms with Crippen LogP contribution in [0.3, 0.4) is 0 Å². The molecule has 0 heterocycles. The summed E-state index contributed by atoms with van der Waals surface area (Å²) in [5.41, 5.74) is 1.49. The Hall–Kier alpha value is -2.50. The maximum atomic E-state index is 12.2. The van der Waals surface area contributed by atoms with E-state index in [1.807, 2.05) is 18.2 Å². The third-order valence-corrected chi connectivity index (χ3v) is 4.14. The van der Waals surface area contributed by atoms with Crippen LogP contribution in [0.4, 0.5) is 0 Å². The van der Waals surface area contributed by atoms with Crippen LogP contribution in [0.1, 0.15) is 31.2 Å². The number of amides is 1. The Labute approximate surface area is 141 Å². The molecular formula is C18H22NO5-. The number of carbonyl (C=O) groups is 2. The molecule has 1 aliphatic rings. The van der Waals surface area contributed by atoms with Crippen LogP contribution in [0.2, 0.25) is 0 Å². The highest BCUT2D eigenvalue weighted by molar-refractivity contribution is 6.01. The summed E-state index contributed by atoms with van der Waals surface area (Å²) in [5.74, 6) is -0.263. The zero-order valence-corrected chi connectivity index (χ0v) is 14.0. The van der Waals surface area contributed by atoms with Crippen molar-refractivity contribution in [2.45, 2.75) is 32.1 Å². The number of nitrogens with one attached hydrogen (secondary N) is 1. The number of carboxylic acid groups (broad SMARTS) is 1. The van der Waals surface area contributed by atoms with Gasteiger partial charge in [-0.1, -0.05) is 6.07 Å². The minimum absolute atomic E-state index is 0.143. The molecule has 1 aliphatic carbocycles. The van der Waals surface area contributed by atoms with E-state index in [0.717, 1.165) is 18.4 Å². The van der Waals surface area contributed by atoms with E-state index in [2.05, 4.69) is 5.32 Å². The van der Waals surface area contributed by atoms with Crippen LogP contribution in [-0.2, 0) is 16.0 Å². The third-order valence-electron chi connectivity index (χ3n) is 4.14. The Balaban J connectivity index is 1.96. The molecule has 24 heavy (non-hydrogen) atoms. The third kappa shape index (κ3) is 4.28. The van der Waals surface area contributed by atoms with E-state index in [0.29, 0.717) is 42.9 Å². The molecule has 0 aliphatic heterocycles. The summed E-state index contributed by atoms with van der Waals surface area (Å²) in [7, 11) is 3.14. The zero-order valence-electron chi connectivity index (χ0n) is 14.0. The van der Waals surface area contributed by atoms with Crippen molar-refractivity contribution >= 4 is 11.9 Å². The number of ether oxygens (including phenoxy) is 2. The molecule has 1 aromatic carbocycles. The summed E-state index contributed by atoms with van der Waals surface area (Å²) in [4.78, 5) is 23.3. The van der Waals surface area contributed by atoms with Gasteiger partial charge in [-0.25, -0.2) is 0 Å². The smallest absolute Gasteiger partial charge is 0.247 e. The van der Waals surface area contributed by atoms with Gasteiger partial charge in [-0.05, 0) is 55.4 Å². The van der Waals surface area contributed by atoms with Gasteiger partial charge >= 0.3 is 0 Å². The fraction of sp³-hybridized carbons (Fsp3) is 0.444. The molecule has 6 heteroatoms. The van der Waals surface area contributed by atoms with Gasteiger partial charge in [0, 0.05) is 12.1 Å². The number of carboxylic acids is 1. The van der Waals surface area contributed by atoms with E-state index in [9.17, 15) is 14.7 Å². The van der Waals surface area contributed by atoms with Gasteiger partial charge in [0.15, 0.2) is 11.5 Å². The summed E-state index contributed by atoms with van der Waals surface area (Å²) in [6.45, 7) is 0.415. The molecule has 130 valence electrons. The van der Waals surface area contributed by atoms with Crippen molar-refractivity contribution in [3.05, 3.63) is 34.9 Å². The van der Waals surface area contributed by atoms with Gasteiger partial charge in [0.25, 0.3) is 0 Å². The van der Waals surface area contributed by atoms with Crippen LogP contribution in [0.25, 0.3) is 0 Å². The number of hydrogen-bond acceptors (Lipinski definition) is 5. The van der Waals surface area contributed by atoms with Crippen molar-refractivity contribution in [3.8, 4) is 11.5 Å². The Bertz CT molecular complexity index is 651. The second kappa shape index (κ2) is 8.38. The van der Waals surface area contributed by atoms with E-state index in [-0.39, 0.29) is 11.5 Å². The fourth-order valence-corrected chi connectivity index (χ4v) is 2.84. The quantitative estimate of drug-likeness (QED) is 0.804. The molecule has 0 unspecified atom stereocenters. The number of hydrogen-bond donors (Lipinski definition) is 1. The molecule has 0 aromatic heterocycles. The summed E-state index contributed by atoms with van der Waals surface area (Å²) >= 11 is 0. The minimum Gasteiger partial charge on any atom is -0.545 e. The number of methoxy groups -OCH3 is 2. The molecule has 0 spiro atoms. The maximum Gasteiger partial charge on any atom is 0.247 e. The van der Waals surface area contributed by atoms with Crippen molar-refractivity contribution in [1.29, 1.82) is 0 Å². The van der Waals surface area contributed by atoms with Crippen LogP contribution in [0, 0.1) is 0 Å². The van der Waals surface area contributed by atoms with Gasteiger partial charge < -0.3 is 24.7 Å². The fourth-order valence-electron chi connectivity index (χ4n) is 2.84. The molecular weight excluding hydrogens is 310 g/mol. The molecule has 1 N–H and O–H groups in total. The molecule has 0 saturated carbocycles. The second-order valence-electron chi connectivity index (χ2n) is 5.65. The Kier molecular flexibility index (Phi) is 6.23. The lowest BCUT2D eigenvalue weighted by Gasteiger charge is -2.20. The van der Waals surface area contributed by atoms with Crippen molar-refractivity contribution in [2.24, 2.45) is 0 Å². The first-order valence-electron chi connectivity index (χ1n) is 7.99. The lowest BCUT2D eigenvalue weighted by molar-refractivity contribution is -0.299. The SMILES string of the molecule is COc1ccc(CCNC(=O)C2=C(C(=O)[O-])CCCC2)cc1OC. The summed E-state index contributed by atoms with van der Waals surface area (Å²) in [6, 6.07) is 5.57. The summed E-state index contributed by atoms with van der Waals surface area (Å²) in [6.07, 6.45) is 3.12. The van der Waals surface area contributed by atoms with Crippen LogP contribution in [0.5, 0.6) is 11.5 Å². The van der Waals surface area contributed by atoms with Crippen LogP contribution < -0.4 is 19.9 Å². The number of carbonyl (C=O) groups excluding carboxylic acids is 2. The molecule has 2 rings (SSSR count). The predicted molar refractivity (Wildman–Crippen MR) is 86.8 cm³/mol. The monoisotopic (exact) mass is 332 g/mol. The highest BCUT2D eigenvalue weighted by Crippen LogP contribution is 2.28. The first-order valence-corrected chi connectivity index (χ1v) is 7.99. The lowest BCUT2D eigenvalue weighted by Crippen LogP contribution is -2.33.